The van der Waals surface area contributed by atoms with Crippen LogP contribution in [0.1, 0.15) is 15.9 Å². The highest BCUT2D eigenvalue weighted by molar-refractivity contribution is 5.95. The Hall–Kier alpha value is -1.59. The maximum Gasteiger partial charge on any atom is 0.254 e. The molecule has 1 aromatic rings. The van der Waals surface area contributed by atoms with Gasteiger partial charge < -0.3 is 19.7 Å². The van der Waals surface area contributed by atoms with Gasteiger partial charge in [0.2, 0.25) is 0 Å². The fourth-order valence-corrected chi connectivity index (χ4v) is 2.62. The van der Waals surface area contributed by atoms with Gasteiger partial charge in [0.1, 0.15) is 12.2 Å². The Bertz CT molecular complexity index is 478. The number of ether oxygens (including phenoxy) is 2. The van der Waals surface area contributed by atoms with E-state index in [9.17, 15) is 4.79 Å². The molecule has 2 atom stereocenters. The molecule has 110 valence electrons. The average Bonchev–Trinajstić information content (AvgIpc) is 2.89. The van der Waals surface area contributed by atoms with Crippen LogP contribution in [0, 0.1) is 6.92 Å². The molecule has 0 saturated carbocycles. The summed E-state index contributed by atoms with van der Waals surface area (Å²) < 4.78 is 10.7. The van der Waals surface area contributed by atoms with E-state index in [0.29, 0.717) is 18.7 Å². The number of hydrogen-bond donors (Lipinski definition) is 1. The van der Waals surface area contributed by atoms with Crippen molar-refractivity contribution in [3.8, 4) is 0 Å². The Kier molecular flexibility index (Phi) is 4.62. The lowest BCUT2D eigenvalue weighted by Gasteiger charge is -2.16. The Morgan fingerprint density at radius 1 is 1.25 bits per heavy atom. The van der Waals surface area contributed by atoms with Gasteiger partial charge >= 0.3 is 0 Å². The molecule has 5 nitrogen and oxygen atoms in total. The molecular formula is C15H22N2O3. The van der Waals surface area contributed by atoms with Crippen molar-refractivity contribution in [3.63, 3.8) is 0 Å². The third kappa shape index (κ3) is 2.78. The summed E-state index contributed by atoms with van der Waals surface area (Å²) in [6.07, 6.45) is -0.108. The molecule has 1 aliphatic rings. The maximum absolute atomic E-state index is 12.5. The number of benzene rings is 1. The molecule has 1 aliphatic heterocycles. The third-order valence-corrected chi connectivity index (χ3v) is 3.85. The first-order valence-corrected chi connectivity index (χ1v) is 6.74. The van der Waals surface area contributed by atoms with Crippen LogP contribution in [0.25, 0.3) is 0 Å². The summed E-state index contributed by atoms with van der Waals surface area (Å²) in [5.41, 5.74) is 2.80. The number of carbonyl (C=O) groups is 1. The molecule has 1 fully saturated rings. The number of amides is 1. The number of methoxy groups -OCH3 is 2. The van der Waals surface area contributed by atoms with Crippen molar-refractivity contribution in [2.75, 3.05) is 39.7 Å². The van der Waals surface area contributed by atoms with Crippen LogP contribution in [0.3, 0.4) is 0 Å². The van der Waals surface area contributed by atoms with Crippen LogP contribution < -0.4 is 5.32 Å². The van der Waals surface area contributed by atoms with Crippen molar-refractivity contribution >= 4 is 11.6 Å². The molecular weight excluding hydrogens is 256 g/mol. The van der Waals surface area contributed by atoms with E-state index < -0.39 is 0 Å². The van der Waals surface area contributed by atoms with Gasteiger partial charge in [-0.1, -0.05) is 0 Å². The largest absolute Gasteiger partial charge is 0.388 e. The van der Waals surface area contributed by atoms with Crippen molar-refractivity contribution in [3.05, 3.63) is 29.3 Å². The zero-order valence-corrected chi connectivity index (χ0v) is 12.5. The normalized spacial score (nSPS) is 22.1. The topological polar surface area (TPSA) is 50.8 Å². The van der Waals surface area contributed by atoms with Crippen molar-refractivity contribution in [1.82, 2.24) is 4.90 Å². The van der Waals surface area contributed by atoms with Gasteiger partial charge in [-0.25, -0.2) is 0 Å². The highest BCUT2D eigenvalue weighted by atomic mass is 16.5. The van der Waals surface area contributed by atoms with Gasteiger partial charge in [-0.05, 0) is 30.7 Å². The van der Waals surface area contributed by atoms with Gasteiger partial charge in [-0.3, -0.25) is 4.79 Å². The van der Waals surface area contributed by atoms with Gasteiger partial charge in [0.15, 0.2) is 0 Å². The number of rotatable bonds is 4. The zero-order chi connectivity index (χ0) is 14.7. The second kappa shape index (κ2) is 6.24. The number of nitrogens with zero attached hydrogens (tertiary/aromatic N) is 1. The Morgan fingerprint density at radius 2 is 1.85 bits per heavy atom. The first-order chi connectivity index (χ1) is 9.60. The van der Waals surface area contributed by atoms with E-state index in [1.807, 2.05) is 32.2 Å². The van der Waals surface area contributed by atoms with E-state index in [-0.39, 0.29) is 18.1 Å². The van der Waals surface area contributed by atoms with E-state index in [1.54, 1.807) is 19.1 Å². The van der Waals surface area contributed by atoms with Crippen molar-refractivity contribution in [2.24, 2.45) is 0 Å². The van der Waals surface area contributed by atoms with Crippen LogP contribution in [-0.4, -0.2) is 57.4 Å². The highest BCUT2D eigenvalue weighted by Crippen LogP contribution is 2.21. The minimum absolute atomic E-state index is 0.0253. The average molecular weight is 278 g/mol. The number of likely N-dealkylation sites (tertiary alicyclic amines) is 1. The summed E-state index contributed by atoms with van der Waals surface area (Å²) in [4.78, 5) is 14.3. The number of hydrogen-bond acceptors (Lipinski definition) is 4. The van der Waals surface area contributed by atoms with Gasteiger partial charge in [0.05, 0.1) is 0 Å². The Morgan fingerprint density at radius 3 is 2.30 bits per heavy atom. The van der Waals surface area contributed by atoms with Crippen LogP contribution in [0.4, 0.5) is 5.69 Å². The van der Waals surface area contributed by atoms with Crippen molar-refractivity contribution < 1.29 is 14.3 Å². The Balaban J connectivity index is 2.14. The quantitative estimate of drug-likeness (QED) is 0.907. The second-order valence-corrected chi connectivity index (χ2v) is 5.04. The van der Waals surface area contributed by atoms with E-state index in [0.717, 1.165) is 11.3 Å². The predicted octanol–water partition coefficient (Wildman–Crippen LogP) is 1.52. The first kappa shape index (κ1) is 14.8. The van der Waals surface area contributed by atoms with E-state index in [4.69, 9.17) is 9.47 Å². The van der Waals surface area contributed by atoms with Gasteiger partial charge in [-0.15, -0.1) is 0 Å². The molecule has 1 heterocycles. The summed E-state index contributed by atoms with van der Waals surface area (Å²) in [7, 11) is 5.17. The standard InChI is InChI=1S/C15H22N2O3/c1-10-7-11(5-6-12(10)16-2)15(18)17-8-13(19-3)14(9-17)20-4/h5-7,13-14,16H,8-9H2,1-4H3. The lowest BCUT2D eigenvalue weighted by atomic mass is 10.1. The molecule has 1 amide bonds. The molecule has 0 spiro atoms. The van der Waals surface area contributed by atoms with Gasteiger partial charge in [0.25, 0.3) is 5.91 Å². The fourth-order valence-electron chi connectivity index (χ4n) is 2.62. The lowest BCUT2D eigenvalue weighted by Crippen LogP contribution is -2.30. The molecule has 1 aromatic carbocycles. The SMILES string of the molecule is CNc1ccc(C(=O)N2CC(OC)C(OC)C2)cc1C. The molecule has 1 saturated heterocycles. The minimum Gasteiger partial charge on any atom is -0.388 e. The number of nitrogens with one attached hydrogen (secondary N) is 1. The first-order valence-electron chi connectivity index (χ1n) is 6.74. The number of aryl methyl sites for hydroxylation is 1. The molecule has 0 aliphatic carbocycles. The van der Waals surface area contributed by atoms with Crippen LogP contribution in [0.2, 0.25) is 0 Å². The number of carbonyl (C=O) groups excluding carboxylic acids is 1. The summed E-state index contributed by atoms with van der Waals surface area (Å²) >= 11 is 0. The molecule has 0 radical (unpaired) electrons. The molecule has 5 heteroatoms. The van der Waals surface area contributed by atoms with Crippen molar-refractivity contribution in [2.45, 2.75) is 19.1 Å². The van der Waals surface area contributed by atoms with Crippen LogP contribution in [0.15, 0.2) is 18.2 Å². The lowest BCUT2D eigenvalue weighted by molar-refractivity contribution is -0.00461. The zero-order valence-electron chi connectivity index (χ0n) is 12.5. The highest BCUT2D eigenvalue weighted by Gasteiger charge is 2.35. The van der Waals surface area contributed by atoms with Gasteiger partial charge in [0, 0.05) is 45.6 Å². The van der Waals surface area contributed by atoms with Crippen LogP contribution in [-0.2, 0) is 9.47 Å². The molecule has 0 bridgehead atoms. The fraction of sp³-hybridized carbons (Fsp3) is 0.533. The molecule has 2 rings (SSSR count). The van der Waals surface area contributed by atoms with E-state index in [1.165, 1.54) is 0 Å². The monoisotopic (exact) mass is 278 g/mol. The summed E-state index contributed by atoms with van der Waals surface area (Å²) in [6, 6.07) is 5.69. The maximum atomic E-state index is 12.5. The van der Waals surface area contributed by atoms with Crippen LogP contribution in [0.5, 0.6) is 0 Å². The summed E-state index contributed by atoms with van der Waals surface area (Å²) in [5, 5.41) is 3.10. The Labute approximate surface area is 119 Å². The molecule has 1 N–H and O–H groups in total. The number of anilines is 1. The van der Waals surface area contributed by atoms with E-state index >= 15 is 0 Å². The van der Waals surface area contributed by atoms with Gasteiger partial charge in [-0.2, -0.15) is 0 Å². The minimum atomic E-state index is -0.0540. The second-order valence-electron chi connectivity index (χ2n) is 5.04. The summed E-state index contributed by atoms with van der Waals surface area (Å²) in [6.45, 7) is 3.13. The third-order valence-electron chi connectivity index (χ3n) is 3.85. The molecule has 0 aromatic heterocycles. The van der Waals surface area contributed by atoms with Crippen LogP contribution >= 0.6 is 0 Å². The van der Waals surface area contributed by atoms with Crippen molar-refractivity contribution in [1.29, 1.82) is 0 Å². The smallest absolute Gasteiger partial charge is 0.254 e. The van der Waals surface area contributed by atoms with E-state index in [2.05, 4.69) is 5.32 Å². The predicted molar refractivity (Wildman–Crippen MR) is 78.2 cm³/mol. The molecule has 20 heavy (non-hydrogen) atoms. The summed E-state index contributed by atoms with van der Waals surface area (Å²) in [5.74, 6) is 0.0253. The molecule has 2 unspecified atom stereocenters.